The molecule has 84 valence electrons. The molecule has 0 N–H and O–H groups in total. The molecule has 1 nitrogen and oxygen atoms in total. The van der Waals surface area contributed by atoms with Crippen LogP contribution in [0, 0.1) is 5.92 Å². The minimum atomic E-state index is 0.304. The summed E-state index contributed by atoms with van der Waals surface area (Å²) in [5, 5.41) is 0. The Hall–Kier alpha value is -0.330. The summed E-state index contributed by atoms with van der Waals surface area (Å²) in [6, 6.07) is 0. The fourth-order valence-corrected chi connectivity index (χ4v) is 1.64. The van der Waals surface area contributed by atoms with Gasteiger partial charge in [0.2, 0.25) is 0 Å². The van der Waals surface area contributed by atoms with Crippen molar-refractivity contribution in [2.45, 2.75) is 72.1 Å². The van der Waals surface area contributed by atoms with Gasteiger partial charge in [-0.15, -0.1) is 0 Å². The van der Waals surface area contributed by atoms with E-state index in [1.54, 1.807) is 0 Å². The summed E-state index contributed by atoms with van der Waals surface area (Å²) in [6.45, 7) is 6.44. The maximum absolute atomic E-state index is 11.6. The van der Waals surface area contributed by atoms with Crippen LogP contribution in [0.15, 0.2) is 0 Å². The van der Waals surface area contributed by atoms with E-state index < -0.39 is 0 Å². The molecule has 0 aromatic heterocycles. The first-order valence-electron chi connectivity index (χ1n) is 6.25. The first kappa shape index (κ1) is 13.7. The Bertz CT molecular complexity index is 140. The molecule has 0 aliphatic carbocycles. The first-order chi connectivity index (χ1) is 6.72. The maximum atomic E-state index is 11.6. The molecule has 0 aromatic rings. The average Bonchev–Trinajstić information content (AvgIpc) is 2.20. The number of unbranched alkanes of at least 4 members (excludes halogenated alkanes) is 4. The van der Waals surface area contributed by atoms with Crippen LogP contribution < -0.4 is 0 Å². The number of ketones is 1. The number of hydrogen-bond donors (Lipinski definition) is 0. The van der Waals surface area contributed by atoms with Crippen LogP contribution in [0.25, 0.3) is 0 Å². The molecular weight excluding hydrogens is 172 g/mol. The van der Waals surface area contributed by atoms with Crippen LogP contribution in [-0.4, -0.2) is 5.78 Å². The summed E-state index contributed by atoms with van der Waals surface area (Å²) in [7, 11) is 0. The van der Waals surface area contributed by atoms with Gasteiger partial charge in [-0.2, -0.15) is 0 Å². The molecule has 0 amide bonds. The van der Waals surface area contributed by atoms with Crippen molar-refractivity contribution in [2.24, 2.45) is 5.92 Å². The minimum Gasteiger partial charge on any atom is -0.299 e. The molecule has 0 rings (SSSR count). The van der Waals surface area contributed by atoms with E-state index in [0.29, 0.717) is 11.7 Å². The van der Waals surface area contributed by atoms with Gasteiger partial charge in [0.15, 0.2) is 0 Å². The van der Waals surface area contributed by atoms with Crippen LogP contribution in [0.4, 0.5) is 0 Å². The summed E-state index contributed by atoms with van der Waals surface area (Å²) < 4.78 is 0. The molecule has 0 heterocycles. The second-order valence-electron chi connectivity index (χ2n) is 4.32. The Balaban J connectivity index is 3.42. The third kappa shape index (κ3) is 7.11. The number of hydrogen-bond acceptors (Lipinski definition) is 1. The number of carbonyl (C=O) groups is 1. The zero-order chi connectivity index (χ0) is 10.8. The normalized spacial score (nSPS) is 12.8. The Morgan fingerprint density at radius 3 is 2.21 bits per heavy atom. The van der Waals surface area contributed by atoms with Crippen LogP contribution in [-0.2, 0) is 4.79 Å². The Kier molecular flexibility index (Phi) is 9.02. The maximum Gasteiger partial charge on any atom is 0.135 e. The van der Waals surface area contributed by atoms with Gasteiger partial charge in [-0.25, -0.2) is 0 Å². The molecule has 0 fully saturated rings. The summed E-state index contributed by atoms with van der Waals surface area (Å²) in [4.78, 5) is 11.6. The van der Waals surface area contributed by atoms with Crippen molar-refractivity contribution in [3.05, 3.63) is 0 Å². The molecule has 0 spiro atoms. The zero-order valence-electron chi connectivity index (χ0n) is 10.1. The molecule has 14 heavy (non-hydrogen) atoms. The molecule has 0 aromatic carbocycles. The fourth-order valence-electron chi connectivity index (χ4n) is 1.64. The van der Waals surface area contributed by atoms with Gasteiger partial charge in [-0.05, 0) is 12.8 Å². The van der Waals surface area contributed by atoms with Crippen molar-refractivity contribution < 1.29 is 4.79 Å². The lowest BCUT2D eigenvalue weighted by Gasteiger charge is -2.09. The topological polar surface area (TPSA) is 17.1 Å². The van der Waals surface area contributed by atoms with Crippen LogP contribution >= 0.6 is 0 Å². The van der Waals surface area contributed by atoms with Crippen LogP contribution in [0.3, 0.4) is 0 Å². The van der Waals surface area contributed by atoms with Gasteiger partial charge in [0.1, 0.15) is 5.78 Å². The highest BCUT2D eigenvalue weighted by Gasteiger charge is 2.10. The fraction of sp³-hybridized carbons (Fsp3) is 0.923. The average molecular weight is 198 g/mol. The third-order valence-corrected chi connectivity index (χ3v) is 2.82. The van der Waals surface area contributed by atoms with Gasteiger partial charge in [0.05, 0.1) is 0 Å². The van der Waals surface area contributed by atoms with Gasteiger partial charge >= 0.3 is 0 Å². The highest BCUT2D eigenvalue weighted by Crippen LogP contribution is 2.14. The summed E-state index contributed by atoms with van der Waals surface area (Å²) in [5.41, 5.74) is 0. The molecule has 1 atom stereocenters. The number of carbonyl (C=O) groups excluding carboxylic acids is 1. The SMILES string of the molecule is CCCCCCC(C)C(=O)CCCC. The lowest BCUT2D eigenvalue weighted by atomic mass is 9.95. The van der Waals surface area contributed by atoms with E-state index in [9.17, 15) is 4.79 Å². The van der Waals surface area contributed by atoms with Crippen molar-refractivity contribution in [3.8, 4) is 0 Å². The van der Waals surface area contributed by atoms with E-state index in [-0.39, 0.29) is 0 Å². The highest BCUT2D eigenvalue weighted by atomic mass is 16.1. The number of rotatable bonds is 9. The molecule has 0 saturated carbocycles. The minimum absolute atomic E-state index is 0.304. The Morgan fingerprint density at radius 1 is 1.00 bits per heavy atom. The predicted molar refractivity (Wildman–Crippen MR) is 62.5 cm³/mol. The lowest BCUT2D eigenvalue weighted by molar-refractivity contribution is -0.122. The Morgan fingerprint density at radius 2 is 1.64 bits per heavy atom. The van der Waals surface area contributed by atoms with Crippen LogP contribution in [0.2, 0.25) is 0 Å². The van der Waals surface area contributed by atoms with Crippen molar-refractivity contribution in [1.82, 2.24) is 0 Å². The van der Waals surface area contributed by atoms with Crippen molar-refractivity contribution in [3.63, 3.8) is 0 Å². The van der Waals surface area contributed by atoms with E-state index in [4.69, 9.17) is 0 Å². The van der Waals surface area contributed by atoms with E-state index in [0.717, 1.165) is 25.7 Å². The van der Waals surface area contributed by atoms with E-state index in [2.05, 4.69) is 20.8 Å². The quantitative estimate of drug-likeness (QED) is 0.503. The van der Waals surface area contributed by atoms with Gasteiger partial charge in [-0.3, -0.25) is 4.79 Å². The van der Waals surface area contributed by atoms with Gasteiger partial charge < -0.3 is 0 Å². The molecular formula is C13H26O. The van der Waals surface area contributed by atoms with Gasteiger partial charge in [0.25, 0.3) is 0 Å². The predicted octanol–water partition coefficient (Wildman–Crippen LogP) is 4.35. The molecule has 0 saturated heterocycles. The molecule has 1 unspecified atom stereocenters. The van der Waals surface area contributed by atoms with Crippen LogP contribution in [0.1, 0.15) is 72.1 Å². The largest absolute Gasteiger partial charge is 0.299 e. The van der Waals surface area contributed by atoms with Crippen molar-refractivity contribution in [2.75, 3.05) is 0 Å². The zero-order valence-corrected chi connectivity index (χ0v) is 10.1. The number of Topliss-reactive ketones (excluding diaryl/α,β-unsaturated/α-hetero) is 1. The van der Waals surface area contributed by atoms with E-state index in [1.165, 1.54) is 25.7 Å². The second-order valence-corrected chi connectivity index (χ2v) is 4.32. The highest BCUT2D eigenvalue weighted by molar-refractivity contribution is 5.80. The van der Waals surface area contributed by atoms with Gasteiger partial charge in [0, 0.05) is 12.3 Å². The van der Waals surface area contributed by atoms with Crippen LogP contribution in [0.5, 0.6) is 0 Å². The monoisotopic (exact) mass is 198 g/mol. The van der Waals surface area contributed by atoms with E-state index >= 15 is 0 Å². The summed E-state index contributed by atoms with van der Waals surface area (Å²) in [5.74, 6) is 0.779. The summed E-state index contributed by atoms with van der Waals surface area (Å²) >= 11 is 0. The molecule has 1 heteroatoms. The standard InChI is InChI=1S/C13H26O/c1-4-6-8-9-10-12(3)13(14)11-7-5-2/h12H,4-11H2,1-3H3. The molecule has 0 aliphatic rings. The third-order valence-electron chi connectivity index (χ3n) is 2.82. The lowest BCUT2D eigenvalue weighted by Crippen LogP contribution is -2.10. The van der Waals surface area contributed by atoms with Gasteiger partial charge in [-0.1, -0.05) is 52.9 Å². The smallest absolute Gasteiger partial charge is 0.135 e. The second kappa shape index (κ2) is 9.23. The molecule has 0 aliphatic heterocycles. The molecule has 0 bridgehead atoms. The van der Waals surface area contributed by atoms with Crippen molar-refractivity contribution >= 4 is 5.78 Å². The summed E-state index contributed by atoms with van der Waals surface area (Å²) in [6.07, 6.45) is 9.21. The first-order valence-corrected chi connectivity index (χ1v) is 6.25. The Labute approximate surface area is 89.3 Å². The van der Waals surface area contributed by atoms with Crippen molar-refractivity contribution in [1.29, 1.82) is 0 Å². The molecule has 0 radical (unpaired) electrons. The van der Waals surface area contributed by atoms with E-state index in [1.807, 2.05) is 0 Å².